The summed E-state index contributed by atoms with van der Waals surface area (Å²) >= 11 is 0. The average molecular weight is 352 g/mol. The maximum absolute atomic E-state index is 12.6. The van der Waals surface area contributed by atoms with E-state index in [2.05, 4.69) is 20.5 Å². The summed E-state index contributed by atoms with van der Waals surface area (Å²) in [6.07, 6.45) is -4.60. The molecule has 2 N–H and O–H groups in total. The molecule has 3 rings (SSSR count). The fraction of sp³-hybridized carbons (Fsp3) is 0.188. The SMILES string of the molecule is O=C(NCc1ccc2[nH]c(CF)cc2c1)c1ccc(C(F)(F)F)nn1. The van der Waals surface area contributed by atoms with E-state index in [0.29, 0.717) is 11.8 Å². The number of hydrogen-bond donors (Lipinski definition) is 2. The fourth-order valence-electron chi connectivity index (χ4n) is 2.30. The number of aromatic amines is 1. The van der Waals surface area contributed by atoms with Gasteiger partial charge in [-0.2, -0.15) is 13.2 Å². The third-order valence-corrected chi connectivity index (χ3v) is 3.53. The number of hydrogen-bond acceptors (Lipinski definition) is 3. The highest BCUT2D eigenvalue weighted by Crippen LogP contribution is 2.26. The van der Waals surface area contributed by atoms with Gasteiger partial charge in [0.15, 0.2) is 11.4 Å². The highest BCUT2D eigenvalue weighted by molar-refractivity contribution is 5.92. The highest BCUT2D eigenvalue weighted by Gasteiger charge is 2.33. The Balaban J connectivity index is 1.67. The smallest absolute Gasteiger partial charge is 0.356 e. The normalized spacial score (nSPS) is 11.7. The van der Waals surface area contributed by atoms with Gasteiger partial charge in [0, 0.05) is 23.1 Å². The van der Waals surface area contributed by atoms with Crippen molar-refractivity contribution >= 4 is 16.8 Å². The van der Waals surface area contributed by atoms with Crippen LogP contribution in [0.2, 0.25) is 0 Å². The lowest BCUT2D eigenvalue weighted by molar-refractivity contribution is -0.141. The molecular weight excluding hydrogens is 340 g/mol. The zero-order chi connectivity index (χ0) is 18.0. The molecular formula is C16H12F4N4O. The molecule has 130 valence electrons. The van der Waals surface area contributed by atoms with Gasteiger partial charge in [0.2, 0.25) is 0 Å². The first kappa shape index (κ1) is 16.9. The van der Waals surface area contributed by atoms with Crippen LogP contribution in [0.1, 0.15) is 27.4 Å². The number of carbonyl (C=O) groups is 1. The van der Waals surface area contributed by atoms with Crippen LogP contribution in [0.4, 0.5) is 17.6 Å². The van der Waals surface area contributed by atoms with Crippen molar-refractivity contribution in [2.45, 2.75) is 19.4 Å². The molecule has 0 spiro atoms. The topological polar surface area (TPSA) is 70.7 Å². The molecule has 0 fully saturated rings. The summed E-state index contributed by atoms with van der Waals surface area (Å²) in [5.41, 5.74) is 0.610. The minimum absolute atomic E-state index is 0.146. The van der Waals surface area contributed by atoms with Crippen molar-refractivity contribution in [2.75, 3.05) is 0 Å². The molecule has 0 unspecified atom stereocenters. The molecule has 5 nitrogen and oxygen atoms in total. The van der Waals surface area contributed by atoms with E-state index in [4.69, 9.17) is 0 Å². The number of rotatable bonds is 4. The first-order valence-corrected chi connectivity index (χ1v) is 7.22. The second-order valence-electron chi connectivity index (χ2n) is 5.33. The number of aromatic nitrogens is 3. The molecule has 0 aliphatic heterocycles. The van der Waals surface area contributed by atoms with Crippen molar-refractivity contribution in [3.63, 3.8) is 0 Å². The Bertz CT molecular complexity index is 903. The molecule has 3 aromatic rings. The molecule has 9 heteroatoms. The Kier molecular flexibility index (Phi) is 4.39. The number of alkyl halides is 4. The monoisotopic (exact) mass is 352 g/mol. The van der Waals surface area contributed by atoms with Gasteiger partial charge in [-0.1, -0.05) is 6.07 Å². The zero-order valence-electron chi connectivity index (χ0n) is 12.7. The highest BCUT2D eigenvalue weighted by atomic mass is 19.4. The molecule has 0 saturated heterocycles. The Labute approximate surface area is 139 Å². The summed E-state index contributed by atoms with van der Waals surface area (Å²) in [5.74, 6) is -0.639. The third-order valence-electron chi connectivity index (χ3n) is 3.53. The Morgan fingerprint density at radius 1 is 1.12 bits per heavy atom. The Hall–Kier alpha value is -2.97. The van der Waals surface area contributed by atoms with Crippen LogP contribution >= 0.6 is 0 Å². The summed E-state index contributed by atoms with van der Waals surface area (Å²) in [6.45, 7) is -0.457. The van der Waals surface area contributed by atoms with Gasteiger partial charge in [-0.25, -0.2) is 4.39 Å². The minimum atomic E-state index is -4.60. The maximum atomic E-state index is 12.6. The average Bonchev–Trinajstić information content (AvgIpc) is 3.01. The number of nitrogens with one attached hydrogen (secondary N) is 2. The van der Waals surface area contributed by atoms with Crippen molar-refractivity contribution < 1.29 is 22.4 Å². The van der Waals surface area contributed by atoms with Crippen LogP contribution in [0.5, 0.6) is 0 Å². The van der Waals surface area contributed by atoms with Crippen LogP contribution in [-0.2, 0) is 19.4 Å². The van der Waals surface area contributed by atoms with Crippen molar-refractivity contribution in [1.82, 2.24) is 20.5 Å². The van der Waals surface area contributed by atoms with E-state index in [-0.39, 0.29) is 12.2 Å². The number of benzene rings is 1. The van der Waals surface area contributed by atoms with Crippen molar-refractivity contribution in [1.29, 1.82) is 0 Å². The maximum Gasteiger partial charge on any atom is 0.435 e. The van der Waals surface area contributed by atoms with E-state index >= 15 is 0 Å². The minimum Gasteiger partial charge on any atom is -0.356 e. The van der Waals surface area contributed by atoms with Crippen molar-refractivity contribution in [3.8, 4) is 0 Å². The number of H-pyrrole nitrogens is 1. The molecule has 0 aliphatic carbocycles. The fourth-order valence-corrected chi connectivity index (χ4v) is 2.30. The summed E-state index contributed by atoms with van der Waals surface area (Å²) in [5, 5.41) is 9.65. The molecule has 0 atom stereocenters. The molecule has 2 heterocycles. The predicted octanol–water partition coefficient (Wildman–Crippen LogP) is 3.38. The van der Waals surface area contributed by atoms with Gasteiger partial charge in [0.25, 0.3) is 5.91 Å². The van der Waals surface area contributed by atoms with E-state index in [1.807, 2.05) is 0 Å². The molecule has 25 heavy (non-hydrogen) atoms. The molecule has 0 radical (unpaired) electrons. The standard InChI is InChI=1S/C16H12F4N4O/c17-7-11-6-10-5-9(1-2-12(10)22-11)8-21-15(25)13-3-4-14(24-23-13)16(18,19)20/h1-6,22H,7-8H2,(H,21,25). The summed E-state index contributed by atoms with van der Waals surface area (Å²) < 4.78 is 49.9. The lowest BCUT2D eigenvalue weighted by atomic mass is 10.1. The van der Waals surface area contributed by atoms with Crippen LogP contribution in [0.15, 0.2) is 36.4 Å². The van der Waals surface area contributed by atoms with Gasteiger partial charge in [-0.05, 0) is 35.9 Å². The molecule has 0 aliphatic rings. The first-order chi connectivity index (χ1) is 11.9. The van der Waals surface area contributed by atoms with E-state index in [0.717, 1.165) is 22.5 Å². The van der Waals surface area contributed by atoms with Gasteiger partial charge in [0.05, 0.1) is 0 Å². The number of amides is 1. The molecule has 1 amide bonds. The second-order valence-corrected chi connectivity index (χ2v) is 5.33. The van der Waals surface area contributed by atoms with Gasteiger partial charge in [0.1, 0.15) is 6.67 Å². The van der Waals surface area contributed by atoms with Crippen LogP contribution < -0.4 is 5.32 Å². The predicted molar refractivity (Wildman–Crippen MR) is 81.3 cm³/mol. The van der Waals surface area contributed by atoms with Crippen LogP contribution in [0, 0.1) is 0 Å². The quantitative estimate of drug-likeness (QED) is 0.707. The molecule has 1 aromatic carbocycles. The van der Waals surface area contributed by atoms with E-state index in [1.165, 1.54) is 0 Å². The Morgan fingerprint density at radius 2 is 1.92 bits per heavy atom. The van der Waals surface area contributed by atoms with E-state index in [1.54, 1.807) is 24.3 Å². The summed E-state index contributed by atoms with van der Waals surface area (Å²) in [4.78, 5) is 14.9. The van der Waals surface area contributed by atoms with Crippen molar-refractivity contribution in [2.24, 2.45) is 0 Å². The van der Waals surface area contributed by atoms with Crippen LogP contribution in [0.3, 0.4) is 0 Å². The van der Waals surface area contributed by atoms with Gasteiger partial charge >= 0.3 is 6.18 Å². The van der Waals surface area contributed by atoms with Gasteiger partial charge < -0.3 is 10.3 Å². The summed E-state index contributed by atoms with van der Waals surface area (Å²) in [6, 6.07) is 8.62. The van der Waals surface area contributed by atoms with Crippen LogP contribution in [0.25, 0.3) is 10.9 Å². The lowest BCUT2D eigenvalue weighted by Crippen LogP contribution is -2.24. The second kappa shape index (κ2) is 6.50. The number of carbonyl (C=O) groups excluding carboxylic acids is 1. The summed E-state index contributed by atoms with van der Waals surface area (Å²) in [7, 11) is 0. The molecule has 2 aromatic heterocycles. The number of fused-ring (bicyclic) bond motifs is 1. The van der Waals surface area contributed by atoms with E-state index in [9.17, 15) is 22.4 Å². The first-order valence-electron chi connectivity index (χ1n) is 7.22. The molecule has 0 bridgehead atoms. The molecule has 0 saturated carbocycles. The third kappa shape index (κ3) is 3.76. The Morgan fingerprint density at radius 3 is 2.56 bits per heavy atom. The van der Waals surface area contributed by atoms with Gasteiger partial charge in [-0.3, -0.25) is 4.79 Å². The number of halogens is 4. The van der Waals surface area contributed by atoms with Crippen molar-refractivity contribution in [3.05, 3.63) is 59.0 Å². The number of nitrogens with zero attached hydrogens (tertiary/aromatic N) is 2. The zero-order valence-corrected chi connectivity index (χ0v) is 12.7. The largest absolute Gasteiger partial charge is 0.435 e. The lowest BCUT2D eigenvalue weighted by Gasteiger charge is -2.07. The van der Waals surface area contributed by atoms with E-state index < -0.39 is 24.5 Å². The van der Waals surface area contributed by atoms with Crippen LogP contribution in [-0.4, -0.2) is 21.1 Å². The van der Waals surface area contributed by atoms with Gasteiger partial charge in [-0.15, -0.1) is 10.2 Å².